The van der Waals surface area contributed by atoms with Gasteiger partial charge in [-0.3, -0.25) is 4.79 Å². The summed E-state index contributed by atoms with van der Waals surface area (Å²) in [5.74, 6) is -0.475. The van der Waals surface area contributed by atoms with E-state index in [4.69, 9.17) is 9.47 Å². The van der Waals surface area contributed by atoms with Crippen LogP contribution >= 0.6 is 15.9 Å². The van der Waals surface area contributed by atoms with Crippen molar-refractivity contribution in [1.82, 2.24) is 5.32 Å². The highest BCUT2D eigenvalue weighted by atomic mass is 79.9. The van der Waals surface area contributed by atoms with Crippen molar-refractivity contribution in [3.63, 3.8) is 0 Å². The maximum absolute atomic E-state index is 12.0. The number of esters is 1. The molecule has 7 heteroatoms. The number of aliphatic hydroxyl groups is 1. The van der Waals surface area contributed by atoms with Gasteiger partial charge in [0.1, 0.15) is 5.60 Å². The Kier molecular flexibility index (Phi) is 8.67. The van der Waals surface area contributed by atoms with Gasteiger partial charge in [0.2, 0.25) is 0 Å². The molecule has 2 N–H and O–H groups in total. The average molecular weight is 464 g/mol. The number of alkyl carbamates (subject to hydrolysis) is 1. The number of hydrogen-bond acceptors (Lipinski definition) is 5. The molecule has 0 saturated heterocycles. The molecule has 1 amide bonds. The van der Waals surface area contributed by atoms with E-state index >= 15 is 0 Å². The van der Waals surface area contributed by atoms with Crippen molar-refractivity contribution in [1.29, 1.82) is 0 Å². The summed E-state index contributed by atoms with van der Waals surface area (Å²) < 4.78 is 11.0. The molecule has 0 aliphatic rings. The summed E-state index contributed by atoms with van der Waals surface area (Å²) >= 11 is 3.39. The summed E-state index contributed by atoms with van der Waals surface area (Å²) in [6.45, 7) is 2.35. The van der Waals surface area contributed by atoms with Gasteiger partial charge in [0.25, 0.3) is 0 Å². The fourth-order valence-corrected chi connectivity index (χ4v) is 3.17. The lowest BCUT2D eigenvalue weighted by atomic mass is 9.87. The molecule has 0 fully saturated rings. The molecule has 0 bridgehead atoms. The second kappa shape index (κ2) is 11.0. The number of ether oxygens (including phenoxy) is 2. The van der Waals surface area contributed by atoms with Gasteiger partial charge in [-0.15, -0.1) is 0 Å². The van der Waals surface area contributed by atoms with Crippen LogP contribution in [0, 0.1) is 0 Å². The van der Waals surface area contributed by atoms with Crippen molar-refractivity contribution < 1.29 is 24.2 Å². The van der Waals surface area contributed by atoms with Gasteiger partial charge < -0.3 is 19.9 Å². The van der Waals surface area contributed by atoms with E-state index in [9.17, 15) is 14.7 Å². The zero-order valence-corrected chi connectivity index (χ0v) is 18.1. The third-order valence-electron chi connectivity index (χ3n) is 4.69. The fraction of sp³-hybridized carbons (Fsp3) is 0.364. The fourth-order valence-electron chi connectivity index (χ4n) is 2.90. The van der Waals surface area contributed by atoms with Crippen LogP contribution in [0.2, 0.25) is 0 Å². The largest absolute Gasteiger partial charge is 0.469 e. The van der Waals surface area contributed by atoms with Gasteiger partial charge in [-0.25, -0.2) is 4.79 Å². The Labute approximate surface area is 179 Å². The number of nitrogens with one attached hydrogen (secondary N) is 1. The number of rotatable bonds is 9. The van der Waals surface area contributed by atoms with Crippen LogP contribution in [0.3, 0.4) is 0 Å². The van der Waals surface area contributed by atoms with Gasteiger partial charge in [-0.2, -0.15) is 0 Å². The Hall–Kier alpha value is -2.38. The van der Waals surface area contributed by atoms with E-state index in [0.717, 1.165) is 10.0 Å². The lowest BCUT2D eigenvalue weighted by molar-refractivity contribution is -0.146. The molecule has 0 radical (unpaired) electrons. The first-order chi connectivity index (χ1) is 13.8. The molecule has 0 aliphatic carbocycles. The van der Waals surface area contributed by atoms with Crippen molar-refractivity contribution in [3.05, 3.63) is 70.2 Å². The first-order valence-electron chi connectivity index (χ1n) is 9.35. The Morgan fingerprint density at radius 1 is 1.14 bits per heavy atom. The third kappa shape index (κ3) is 7.18. The van der Waals surface area contributed by atoms with Crippen molar-refractivity contribution in [2.24, 2.45) is 0 Å². The molecular weight excluding hydrogens is 438 g/mol. The summed E-state index contributed by atoms with van der Waals surface area (Å²) in [5, 5.41) is 13.6. The number of carbonyl (C=O) groups is 2. The molecular formula is C22H26BrNO5. The first kappa shape index (κ1) is 22.9. The van der Waals surface area contributed by atoms with Crippen LogP contribution in [0.1, 0.15) is 36.8 Å². The summed E-state index contributed by atoms with van der Waals surface area (Å²) in [5.41, 5.74) is 0.216. The maximum Gasteiger partial charge on any atom is 0.407 e. The average Bonchev–Trinajstić information content (AvgIpc) is 2.73. The Morgan fingerprint density at radius 3 is 2.41 bits per heavy atom. The molecule has 156 valence electrons. The SMILES string of the molecule is COC(=O)CC(O)(CCNC(=O)OC[C@@H](C)c1ccc(Br)cc1)c1ccccc1. The molecule has 0 spiro atoms. The standard InChI is InChI=1S/C22H26BrNO5/c1-16(17-8-10-19(23)11-9-17)15-29-21(26)24-13-12-22(27,14-20(25)28-2)18-6-4-3-5-7-18/h3-11,16,27H,12-15H2,1-2H3,(H,24,26)/t16-,22?/m1/s1. The molecule has 2 atom stereocenters. The molecule has 2 rings (SSSR count). The molecule has 0 aliphatic heterocycles. The summed E-state index contributed by atoms with van der Waals surface area (Å²) in [6.07, 6.45) is -0.628. The number of amides is 1. The van der Waals surface area contributed by atoms with Gasteiger partial charge >= 0.3 is 12.1 Å². The highest BCUT2D eigenvalue weighted by Crippen LogP contribution is 2.29. The molecule has 0 saturated carbocycles. The molecule has 2 aromatic carbocycles. The minimum Gasteiger partial charge on any atom is -0.469 e. The maximum atomic E-state index is 12.0. The number of halogens is 1. The van der Waals surface area contributed by atoms with E-state index in [1.165, 1.54) is 7.11 Å². The topological polar surface area (TPSA) is 84.9 Å². The van der Waals surface area contributed by atoms with E-state index < -0.39 is 17.7 Å². The Morgan fingerprint density at radius 2 is 1.79 bits per heavy atom. The third-order valence-corrected chi connectivity index (χ3v) is 5.22. The molecule has 2 aromatic rings. The van der Waals surface area contributed by atoms with E-state index in [0.29, 0.717) is 5.56 Å². The quantitative estimate of drug-likeness (QED) is 0.546. The summed E-state index contributed by atoms with van der Waals surface area (Å²) in [6, 6.07) is 16.7. The van der Waals surface area contributed by atoms with E-state index in [1.54, 1.807) is 24.3 Å². The van der Waals surface area contributed by atoms with Gasteiger partial charge in [0.05, 0.1) is 20.1 Å². The molecule has 0 heterocycles. The molecule has 6 nitrogen and oxygen atoms in total. The smallest absolute Gasteiger partial charge is 0.407 e. The molecule has 29 heavy (non-hydrogen) atoms. The highest BCUT2D eigenvalue weighted by Gasteiger charge is 2.32. The van der Waals surface area contributed by atoms with Crippen molar-refractivity contribution >= 4 is 28.0 Å². The zero-order chi connectivity index (χ0) is 21.3. The number of hydrogen-bond donors (Lipinski definition) is 2. The number of carbonyl (C=O) groups excluding carboxylic acids is 2. The number of methoxy groups -OCH3 is 1. The van der Waals surface area contributed by atoms with Crippen molar-refractivity contribution in [3.8, 4) is 0 Å². The minimum absolute atomic E-state index is 0.0504. The second-order valence-electron chi connectivity index (χ2n) is 6.88. The van der Waals surface area contributed by atoms with Gasteiger partial charge in [-0.1, -0.05) is 65.3 Å². The van der Waals surface area contributed by atoms with Crippen LogP contribution in [0.25, 0.3) is 0 Å². The van der Waals surface area contributed by atoms with Crippen LogP contribution in [0.15, 0.2) is 59.1 Å². The predicted molar refractivity (Wildman–Crippen MR) is 113 cm³/mol. The van der Waals surface area contributed by atoms with Crippen molar-refractivity contribution in [2.75, 3.05) is 20.3 Å². The van der Waals surface area contributed by atoms with Crippen LogP contribution in [0.5, 0.6) is 0 Å². The minimum atomic E-state index is -1.44. The zero-order valence-electron chi connectivity index (χ0n) is 16.6. The Bertz CT molecular complexity index is 797. The van der Waals surface area contributed by atoms with Gasteiger partial charge in [0, 0.05) is 16.9 Å². The predicted octanol–water partition coefficient (Wildman–Crippen LogP) is 4.12. The van der Waals surface area contributed by atoms with Gasteiger partial charge in [-0.05, 0) is 29.7 Å². The monoisotopic (exact) mass is 463 g/mol. The van der Waals surface area contributed by atoms with Crippen LogP contribution in [0.4, 0.5) is 4.79 Å². The molecule has 0 aromatic heterocycles. The first-order valence-corrected chi connectivity index (χ1v) is 10.1. The van der Waals surface area contributed by atoms with Gasteiger partial charge in [0.15, 0.2) is 0 Å². The second-order valence-corrected chi connectivity index (χ2v) is 7.79. The normalized spacial score (nSPS) is 13.8. The Balaban J connectivity index is 1.85. The summed E-state index contributed by atoms with van der Waals surface area (Å²) in [4.78, 5) is 23.8. The lowest BCUT2D eigenvalue weighted by Gasteiger charge is -2.27. The van der Waals surface area contributed by atoms with Crippen molar-refractivity contribution in [2.45, 2.75) is 31.3 Å². The summed E-state index contributed by atoms with van der Waals surface area (Å²) in [7, 11) is 1.27. The van der Waals surface area contributed by atoms with E-state index in [-0.39, 0.29) is 31.9 Å². The van der Waals surface area contributed by atoms with Crippen LogP contribution in [-0.2, 0) is 19.9 Å². The van der Waals surface area contributed by atoms with E-state index in [2.05, 4.69) is 21.2 Å². The molecule has 1 unspecified atom stereocenters. The van der Waals surface area contributed by atoms with Crippen LogP contribution in [-0.4, -0.2) is 37.4 Å². The van der Waals surface area contributed by atoms with E-state index in [1.807, 2.05) is 37.3 Å². The number of benzene rings is 2. The highest BCUT2D eigenvalue weighted by molar-refractivity contribution is 9.10. The van der Waals surface area contributed by atoms with Crippen LogP contribution < -0.4 is 5.32 Å². The lowest BCUT2D eigenvalue weighted by Crippen LogP contribution is -2.35.